The van der Waals surface area contributed by atoms with Crippen LogP contribution in [0.3, 0.4) is 0 Å². The molecule has 0 unspecified atom stereocenters. The summed E-state index contributed by atoms with van der Waals surface area (Å²) < 4.78 is 45.6. The maximum Gasteiger partial charge on any atom is 0.416 e. The molecule has 4 aromatic rings. The Morgan fingerprint density at radius 3 is 2.56 bits per heavy atom. The second-order valence-electron chi connectivity index (χ2n) is 6.29. The first kappa shape index (κ1) is 17.1. The molecule has 0 bridgehead atoms. The maximum atomic E-state index is 12.9. The van der Waals surface area contributed by atoms with Crippen molar-refractivity contribution >= 4 is 17.0 Å². The van der Waals surface area contributed by atoms with Crippen LogP contribution in [0.25, 0.3) is 22.4 Å². The Balaban J connectivity index is 1.69. The van der Waals surface area contributed by atoms with E-state index in [9.17, 15) is 18.0 Å². The molecule has 1 aromatic carbocycles. The van der Waals surface area contributed by atoms with Crippen molar-refractivity contribution < 1.29 is 22.4 Å². The highest BCUT2D eigenvalue weighted by atomic mass is 19.4. The number of aromatic amines is 1. The van der Waals surface area contributed by atoms with E-state index >= 15 is 0 Å². The summed E-state index contributed by atoms with van der Waals surface area (Å²) in [5, 5.41) is 4.15. The van der Waals surface area contributed by atoms with Crippen LogP contribution in [0.15, 0.2) is 46.9 Å². The van der Waals surface area contributed by atoms with Gasteiger partial charge in [-0.15, -0.1) is 0 Å². The number of carbonyl (C=O) groups excluding carboxylic acids is 1. The van der Waals surface area contributed by atoms with E-state index in [4.69, 9.17) is 4.42 Å². The quantitative estimate of drug-likeness (QED) is 0.541. The Morgan fingerprint density at radius 2 is 1.93 bits per heavy atom. The first-order chi connectivity index (χ1) is 12.7. The molecule has 1 N–H and O–H groups in total. The van der Waals surface area contributed by atoms with E-state index in [0.29, 0.717) is 22.4 Å². The molecule has 0 radical (unpaired) electrons. The minimum atomic E-state index is -4.43. The number of furan rings is 1. The Kier molecular flexibility index (Phi) is 3.73. The monoisotopic (exact) mass is 373 g/mol. The lowest BCUT2D eigenvalue weighted by Crippen LogP contribution is -2.15. The number of nitrogens with one attached hydrogen (secondary N) is 1. The number of hydrogen-bond donors (Lipinski definition) is 1. The van der Waals surface area contributed by atoms with Crippen LogP contribution in [0.2, 0.25) is 0 Å². The predicted molar refractivity (Wildman–Crippen MR) is 92.4 cm³/mol. The van der Waals surface area contributed by atoms with Gasteiger partial charge >= 0.3 is 6.18 Å². The number of H-pyrrole nitrogens is 1. The van der Waals surface area contributed by atoms with E-state index in [-0.39, 0.29) is 17.4 Å². The standard InChI is InChI=1S/C19H14F3N3O2/c1-10-6-11(2)25(24-10)18(26)15-9-17-14(23-15)8-16(27-17)12-4-3-5-13(7-12)19(20,21)22/h3-9,23H,1-2H3. The van der Waals surface area contributed by atoms with Crippen molar-refractivity contribution in [1.29, 1.82) is 0 Å². The summed E-state index contributed by atoms with van der Waals surface area (Å²) in [6.07, 6.45) is -4.43. The third kappa shape index (κ3) is 3.03. The maximum absolute atomic E-state index is 12.9. The van der Waals surface area contributed by atoms with E-state index < -0.39 is 11.7 Å². The summed E-state index contributed by atoms with van der Waals surface area (Å²) in [6.45, 7) is 3.56. The lowest BCUT2D eigenvalue weighted by molar-refractivity contribution is -0.137. The van der Waals surface area contributed by atoms with Gasteiger partial charge in [0.2, 0.25) is 0 Å². The lowest BCUT2D eigenvalue weighted by atomic mass is 10.1. The van der Waals surface area contributed by atoms with Gasteiger partial charge in [-0.05, 0) is 32.0 Å². The van der Waals surface area contributed by atoms with Crippen LogP contribution in [-0.4, -0.2) is 20.7 Å². The number of halogens is 3. The van der Waals surface area contributed by atoms with Gasteiger partial charge in [0, 0.05) is 23.4 Å². The number of alkyl halides is 3. The first-order valence-electron chi connectivity index (χ1n) is 8.10. The van der Waals surface area contributed by atoms with Gasteiger partial charge in [0.25, 0.3) is 5.91 Å². The number of carbonyl (C=O) groups is 1. The lowest BCUT2D eigenvalue weighted by Gasteiger charge is -2.07. The molecule has 0 saturated carbocycles. The van der Waals surface area contributed by atoms with Crippen molar-refractivity contribution in [2.75, 3.05) is 0 Å². The van der Waals surface area contributed by atoms with Crippen LogP contribution >= 0.6 is 0 Å². The van der Waals surface area contributed by atoms with E-state index in [1.54, 1.807) is 26.0 Å². The fourth-order valence-electron chi connectivity index (χ4n) is 2.98. The third-order valence-corrected chi connectivity index (χ3v) is 4.21. The van der Waals surface area contributed by atoms with Crippen molar-refractivity contribution in [2.24, 2.45) is 0 Å². The molecule has 0 spiro atoms. The molecule has 0 fully saturated rings. The molecule has 8 heteroatoms. The highest BCUT2D eigenvalue weighted by molar-refractivity contribution is 5.98. The minimum absolute atomic E-state index is 0.283. The number of aromatic nitrogens is 3. The molecule has 4 rings (SSSR count). The van der Waals surface area contributed by atoms with Crippen molar-refractivity contribution in [2.45, 2.75) is 20.0 Å². The predicted octanol–water partition coefficient (Wildman–Crippen LogP) is 4.95. The van der Waals surface area contributed by atoms with Crippen molar-refractivity contribution in [3.8, 4) is 11.3 Å². The Labute approximate surface area is 151 Å². The zero-order valence-electron chi connectivity index (χ0n) is 14.4. The molecule has 0 aliphatic heterocycles. The Bertz CT molecular complexity index is 1130. The van der Waals surface area contributed by atoms with Crippen LogP contribution in [-0.2, 0) is 6.18 Å². The zero-order valence-corrected chi connectivity index (χ0v) is 14.4. The van der Waals surface area contributed by atoms with E-state index in [1.807, 2.05) is 0 Å². The number of benzene rings is 1. The second-order valence-corrected chi connectivity index (χ2v) is 6.29. The molecular formula is C19H14F3N3O2. The van der Waals surface area contributed by atoms with Crippen molar-refractivity contribution in [1.82, 2.24) is 14.8 Å². The fraction of sp³-hybridized carbons (Fsp3) is 0.158. The highest BCUT2D eigenvalue weighted by Crippen LogP contribution is 2.34. The third-order valence-electron chi connectivity index (χ3n) is 4.21. The molecule has 5 nitrogen and oxygen atoms in total. The average Bonchev–Trinajstić information content (AvgIpc) is 3.26. The molecular weight excluding hydrogens is 359 g/mol. The van der Waals surface area contributed by atoms with Gasteiger partial charge in [-0.1, -0.05) is 12.1 Å². The van der Waals surface area contributed by atoms with Gasteiger partial charge in [0.15, 0.2) is 5.58 Å². The molecule has 0 saturated heterocycles. The summed E-state index contributed by atoms with van der Waals surface area (Å²) in [5.74, 6) is -0.0555. The average molecular weight is 373 g/mol. The molecule has 0 aliphatic rings. The van der Waals surface area contributed by atoms with Crippen molar-refractivity contribution in [3.63, 3.8) is 0 Å². The van der Waals surface area contributed by atoms with E-state index in [0.717, 1.165) is 17.8 Å². The van der Waals surface area contributed by atoms with Gasteiger partial charge in [-0.2, -0.15) is 23.0 Å². The summed E-state index contributed by atoms with van der Waals surface area (Å²) in [5.41, 5.74) is 2.17. The number of fused-ring (bicyclic) bond motifs is 1. The Hall–Kier alpha value is -3.29. The first-order valence-corrected chi connectivity index (χ1v) is 8.10. The largest absolute Gasteiger partial charge is 0.454 e. The molecule has 0 atom stereocenters. The van der Waals surface area contributed by atoms with Crippen LogP contribution in [0, 0.1) is 13.8 Å². The fourth-order valence-corrected chi connectivity index (χ4v) is 2.98. The number of rotatable bonds is 2. The highest BCUT2D eigenvalue weighted by Gasteiger charge is 2.30. The summed E-state index contributed by atoms with van der Waals surface area (Å²) in [4.78, 5) is 15.5. The van der Waals surface area contributed by atoms with Crippen LogP contribution in [0.4, 0.5) is 13.2 Å². The number of nitrogens with zero attached hydrogens (tertiary/aromatic N) is 2. The van der Waals surface area contributed by atoms with Gasteiger partial charge in [-0.25, -0.2) is 0 Å². The van der Waals surface area contributed by atoms with Crippen LogP contribution < -0.4 is 0 Å². The van der Waals surface area contributed by atoms with Gasteiger partial charge in [-0.3, -0.25) is 4.79 Å². The molecule has 3 heterocycles. The normalized spacial score (nSPS) is 12.0. The molecule has 3 aromatic heterocycles. The van der Waals surface area contributed by atoms with Crippen molar-refractivity contribution in [3.05, 3.63) is 65.1 Å². The summed E-state index contributed by atoms with van der Waals surface area (Å²) >= 11 is 0. The van der Waals surface area contributed by atoms with Gasteiger partial charge in [0.1, 0.15) is 11.5 Å². The number of aryl methyl sites for hydroxylation is 2. The number of hydrogen-bond acceptors (Lipinski definition) is 3. The second kappa shape index (κ2) is 5.87. The summed E-state index contributed by atoms with van der Waals surface area (Å²) in [7, 11) is 0. The molecule has 0 amide bonds. The van der Waals surface area contributed by atoms with Crippen LogP contribution in [0.5, 0.6) is 0 Å². The van der Waals surface area contributed by atoms with E-state index in [2.05, 4.69) is 10.1 Å². The topological polar surface area (TPSA) is 63.8 Å². The minimum Gasteiger partial charge on any atom is -0.454 e. The summed E-state index contributed by atoms with van der Waals surface area (Å²) in [6, 6.07) is 9.77. The van der Waals surface area contributed by atoms with Crippen LogP contribution in [0.1, 0.15) is 27.4 Å². The van der Waals surface area contributed by atoms with Gasteiger partial charge in [0.05, 0.1) is 16.8 Å². The van der Waals surface area contributed by atoms with Gasteiger partial charge < -0.3 is 9.40 Å². The smallest absolute Gasteiger partial charge is 0.416 e. The molecule has 27 heavy (non-hydrogen) atoms. The molecule has 138 valence electrons. The Morgan fingerprint density at radius 1 is 1.15 bits per heavy atom. The molecule has 0 aliphatic carbocycles. The zero-order chi connectivity index (χ0) is 19.3. The SMILES string of the molecule is Cc1cc(C)n(C(=O)c2cc3oc(-c4cccc(C(F)(F)F)c4)cc3[nH]2)n1. The van der Waals surface area contributed by atoms with E-state index in [1.165, 1.54) is 22.9 Å².